The molecule has 0 spiro atoms. The predicted octanol–water partition coefficient (Wildman–Crippen LogP) is 4.66. The maximum Gasteiger partial charge on any atom is 0.0605 e. The lowest BCUT2D eigenvalue weighted by Gasteiger charge is -2.36. The van der Waals surface area contributed by atoms with Crippen LogP contribution in [0.4, 0.5) is 0 Å². The summed E-state index contributed by atoms with van der Waals surface area (Å²) in [6.45, 7) is 6.51. The molecule has 132 valence electrons. The zero-order valence-corrected chi connectivity index (χ0v) is 15.4. The molecule has 0 bridgehead atoms. The standard InChI is InChI=1S/C24H26N2/c1-19-7-5-6-10-23(19)24(26-17-15-25-16-18-26)22-13-11-21(12-14-22)20-8-3-2-4-9-20/h2-14,24-25H,15-18H2,1H3. The van der Waals surface area contributed by atoms with Crippen molar-refractivity contribution in [2.45, 2.75) is 13.0 Å². The smallest absolute Gasteiger partial charge is 0.0605 e. The first kappa shape index (κ1) is 17.0. The van der Waals surface area contributed by atoms with Crippen molar-refractivity contribution in [2.24, 2.45) is 0 Å². The van der Waals surface area contributed by atoms with Crippen LogP contribution in [0.3, 0.4) is 0 Å². The van der Waals surface area contributed by atoms with Crippen molar-refractivity contribution < 1.29 is 0 Å². The first-order chi connectivity index (χ1) is 12.8. The van der Waals surface area contributed by atoms with Crippen molar-refractivity contribution in [3.05, 3.63) is 95.6 Å². The first-order valence-electron chi connectivity index (χ1n) is 9.48. The quantitative estimate of drug-likeness (QED) is 0.742. The molecule has 1 unspecified atom stereocenters. The Kier molecular flexibility index (Phi) is 5.14. The second kappa shape index (κ2) is 7.86. The summed E-state index contributed by atoms with van der Waals surface area (Å²) in [5.41, 5.74) is 6.71. The molecule has 1 N–H and O–H groups in total. The Morgan fingerprint density at radius 2 is 1.35 bits per heavy atom. The average molecular weight is 342 g/mol. The van der Waals surface area contributed by atoms with Gasteiger partial charge in [0.1, 0.15) is 0 Å². The number of piperazine rings is 1. The Bertz CT molecular complexity index is 834. The molecule has 0 aromatic heterocycles. The molecule has 2 nitrogen and oxygen atoms in total. The normalized spacial score (nSPS) is 16.3. The van der Waals surface area contributed by atoms with Crippen molar-refractivity contribution in [1.29, 1.82) is 0 Å². The molecule has 0 saturated carbocycles. The number of nitrogens with one attached hydrogen (secondary N) is 1. The Hall–Kier alpha value is -2.42. The highest BCUT2D eigenvalue weighted by molar-refractivity contribution is 5.63. The van der Waals surface area contributed by atoms with E-state index in [0.717, 1.165) is 26.2 Å². The molecule has 3 aromatic carbocycles. The van der Waals surface area contributed by atoms with Crippen LogP contribution in [0, 0.1) is 6.92 Å². The fourth-order valence-corrected chi connectivity index (χ4v) is 3.91. The monoisotopic (exact) mass is 342 g/mol. The highest BCUT2D eigenvalue weighted by atomic mass is 15.2. The fourth-order valence-electron chi connectivity index (χ4n) is 3.91. The molecule has 0 aliphatic carbocycles. The summed E-state index contributed by atoms with van der Waals surface area (Å²) in [6.07, 6.45) is 0. The van der Waals surface area contributed by atoms with Crippen LogP contribution in [0.5, 0.6) is 0 Å². The summed E-state index contributed by atoms with van der Waals surface area (Å²) in [4.78, 5) is 2.61. The lowest BCUT2D eigenvalue weighted by atomic mass is 9.92. The third kappa shape index (κ3) is 3.57. The highest BCUT2D eigenvalue weighted by Crippen LogP contribution is 2.32. The molecular weight excluding hydrogens is 316 g/mol. The predicted molar refractivity (Wildman–Crippen MR) is 109 cm³/mol. The van der Waals surface area contributed by atoms with Gasteiger partial charge in [0.2, 0.25) is 0 Å². The maximum atomic E-state index is 3.48. The van der Waals surface area contributed by atoms with E-state index in [4.69, 9.17) is 0 Å². The van der Waals surface area contributed by atoms with Gasteiger partial charge in [0.25, 0.3) is 0 Å². The maximum absolute atomic E-state index is 3.48. The minimum absolute atomic E-state index is 0.322. The second-order valence-corrected chi connectivity index (χ2v) is 7.03. The number of hydrogen-bond donors (Lipinski definition) is 1. The first-order valence-corrected chi connectivity index (χ1v) is 9.48. The molecule has 0 radical (unpaired) electrons. The van der Waals surface area contributed by atoms with Gasteiger partial charge in [0, 0.05) is 26.2 Å². The molecule has 3 aromatic rings. The molecule has 1 heterocycles. The van der Waals surface area contributed by atoms with Gasteiger partial charge in [-0.1, -0.05) is 78.9 Å². The summed E-state index contributed by atoms with van der Waals surface area (Å²) < 4.78 is 0. The van der Waals surface area contributed by atoms with E-state index in [9.17, 15) is 0 Å². The Labute approximate surface area is 156 Å². The van der Waals surface area contributed by atoms with Crippen molar-refractivity contribution in [3.63, 3.8) is 0 Å². The van der Waals surface area contributed by atoms with E-state index >= 15 is 0 Å². The molecular formula is C24H26N2. The Morgan fingerprint density at radius 1 is 0.731 bits per heavy atom. The van der Waals surface area contributed by atoms with Crippen LogP contribution in [-0.4, -0.2) is 31.1 Å². The molecule has 2 heteroatoms. The second-order valence-electron chi connectivity index (χ2n) is 7.03. The minimum Gasteiger partial charge on any atom is -0.314 e. The third-order valence-corrected chi connectivity index (χ3v) is 5.33. The number of aryl methyl sites for hydroxylation is 1. The van der Waals surface area contributed by atoms with Crippen molar-refractivity contribution in [1.82, 2.24) is 10.2 Å². The van der Waals surface area contributed by atoms with Crippen LogP contribution in [-0.2, 0) is 0 Å². The summed E-state index contributed by atoms with van der Waals surface area (Å²) in [7, 11) is 0. The number of nitrogens with zero attached hydrogens (tertiary/aromatic N) is 1. The zero-order chi connectivity index (χ0) is 17.8. The van der Waals surface area contributed by atoms with Gasteiger partial charge >= 0.3 is 0 Å². The van der Waals surface area contributed by atoms with Gasteiger partial charge in [-0.25, -0.2) is 0 Å². The summed E-state index contributed by atoms with van der Waals surface area (Å²) >= 11 is 0. The largest absolute Gasteiger partial charge is 0.314 e. The van der Waals surface area contributed by atoms with E-state index < -0.39 is 0 Å². The van der Waals surface area contributed by atoms with Crippen LogP contribution in [0.25, 0.3) is 11.1 Å². The van der Waals surface area contributed by atoms with Crippen molar-refractivity contribution >= 4 is 0 Å². The molecule has 1 fully saturated rings. The van der Waals surface area contributed by atoms with Crippen LogP contribution in [0.2, 0.25) is 0 Å². The van der Waals surface area contributed by atoms with Crippen molar-refractivity contribution in [2.75, 3.05) is 26.2 Å². The molecule has 1 aliphatic rings. The van der Waals surface area contributed by atoms with Crippen LogP contribution < -0.4 is 5.32 Å². The average Bonchev–Trinajstić information content (AvgIpc) is 2.72. The molecule has 26 heavy (non-hydrogen) atoms. The Balaban J connectivity index is 1.71. The Morgan fingerprint density at radius 3 is 2.04 bits per heavy atom. The van der Waals surface area contributed by atoms with Gasteiger partial charge < -0.3 is 5.32 Å². The number of benzene rings is 3. The van der Waals surface area contributed by atoms with E-state index in [1.165, 1.54) is 27.8 Å². The number of hydrogen-bond acceptors (Lipinski definition) is 2. The van der Waals surface area contributed by atoms with E-state index in [2.05, 4.69) is 96.0 Å². The van der Waals surface area contributed by atoms with E-state index in [1.807, 2.05) is 0 Å². The SMILES string of the molecule is Cc1ccccc1C(c1ccc(-c2ccccc2)cc1)N1CCNCC1. The van der Waals surface area contributed by atoms with Gasteiger partial charge in [0.15, 0.2) is 0 Å². The molecule has 4 rings (SSSR count). The van der Waals surface area contributed by atoms with Crippen LogP contribution in [0.1, 0.15) is 22.7 Å². The lowest BCUT2D eigenvalue weighted by Crippen LogP contribution is -2.45. The van der Waals surface area contributed by atoms with Gasteiger partial charge in [-0.15, -0.1) is 0 Å². The van der Waals surface area contributed by atoms with Gasteiger partial charge in [-0.3, -0.25) is 4.90 Å². The van der Waals surface area contributed by atoms with Crippen molar-refractivity contribution in [3.8, 4) is 11.1 Å². The molecule has 1 saturated heterocycles. The topological polar surface area (TPSA) is 15.3 Å². The van der Waals surface area contributed by atoms with Crippen LogP contribution in [0.15, 0.2) is 78.9 Å². The van der Waals surface area contributed by atoms with Gasteiger partial charge in [-0.2, -0.15) is 0 Å². The third-order valence-electron chi connectivity index (χ3n) is 5.33. The molecule has 1 aliphatic heterocycles. The highest BCUT2D eigenvalue weighted by Gasteiger charge is 2.24. The molecule has 0 amide bonds. The zero-order valence-electron chi connectivity index (χ0n) is 15.4. The summed E-state index contributed by atoms with van der Waals surface area (Å²) in [5.74, 6) is 0. The van der Waals surface area contributed by atoms with E-state index in [0.29, 0.717) is 6.04 Å². The minimum atomic E-state index is 0.322. The lowest BCUT2D eigenvalue weighted by molar-refractivity contribution is 0.198. The fraction of sp³-hybridized carbons (Fsp3) is 0.250. The van der Waals surface area contributed by atoms with E-state index in [-0.39, 0.29) is 0 Å². The van der Waals surface area contributed by atoms with Crippen LogP contribution >= 0.6 is 0 Å². The van der Waals surface area contributed by atoms with Gasteiger partial charge in [-0.05, 0) is 34.7 Å². The summed E-state index contributed by atoms with van der Waals surface area (Å²) in [5, 5.41) is 3.48. The molecule has 1 atom stereocenters. The number of rotatable bonds is 4. The van der Waals surface area contributed by atoms with E-state index in [1.54, 1.807) is 0 Å². The van der Waals surface area contributed by atoms with Gasteiger partial charge in [0.05, 0.1) is 6.04 Å². The summed E-state index contributed by atoms with van der Waals surface area (Å²) in [6, 6.07) is 28.9.